The van der Waals surface area contributed by atoms with Crippen LogP contribution in [0, 0.1) is 0 Å². The molecule has 0 bridgehead atoms. The average Bonchev–Trinajstić information content (AvgIpc) is 2.89. The molecular weight excluding hydrogens is 170 g/mol. The number of aromatic nitrogens is 1. The van der Waals surface area contributed by atoms with Crippen LogP contribution >= 0.6 is 0 Å². The highest BCUT2D eigenvalue weighted by atomic mass is 16.5. The minimum Gasteiger partial charge on any atom is -0.478 e. The Balaban J connectivity index is 2.15. The quantitative estimate of drug-likeness (QED) is 0.760. The predicted octanol–water partition coefficient (Wildman–Crippen LogP) is 1.32. The van der Waals surface area contributed by atoms with Crippen LogP contribution in [0.25, 0.3) is 0 Å². The second-order valence-electron chi connectivity index (χ2n) is 3.01. The molecule has 4 nitrogen and oxygen atoms in total. The van der Waals surface area contributed by atoms with E-state index in [0.717, 1.165) is 12.8 Å². The van der Waals surface area contributed by atoms with E-state index >= 15 is 0 Å². The molecule has 1 aromatic rings. The Kier molecular flexibility index (Phi) is 1.88. The fraction of sp³-hybridized carbons (Fsp3) is 0.333. The average molecular weight is 179 g/mol. The molecule has 1 N–H and O–H groups in total. The molecule has 0 aliphatic heterocycles. The van der Waals surface area contributed by atoms with Crippen LogP contribution in [0.4, 0.5) is 0 Å². The molecule has 0 atom stereocenters. The number of hydrogen-bond acceptors (Lipinski definition) is 3. The summed E-state index contributed by atoms with van der Waals surface area (Å²) in [5, 5.41) is 8.68. The molecule has 1 heterocycles. The Morgan fingerprint density at radius 3 is 3.00 bits per heavy atom. The Hall–Kier alpha value is -1.58. The van der Waals surface area contributed by atoms with Crippen molar-refractivity contribution in [2.75, 3.05) is 0 Å². The largest absolute Gasteiger partial charge is 0.478 e. The van der Waals surface area contributed by atoms with E-state index in [2.05, 4.69) is 4.98 Å². The van der Waals surface area contributed by atoms with E-state index in [9.17, 15) is 4.79 Å². The van der Waals surface area contributed by atoms with Crippen LogP contribution in [0.2, 0.25) is 0 Å². The first-order chi connectivity index (χ1) is 6.25. The van der Waals surface area contributed by atoms with Crippen molar-refractivity contribution in [1.82, 2.24) is 4.98 Å². The molecule has 2 rings (SSSR count). The van der Waals surface area contributed by atoms with Crippen molar-refractivity contribution in [3.63, 3.8) is 0 Å². The van der Waals surface area contributed by atoms with Gasteiger partial charge in [-0.05, 0) is 18.9 Å². The molecule has 4 heteroatoms. The molecule has 13 heavy (non-hydrogen) atoms. The van der Waals surface area contributed by atoms with Gasteiger partial charge in [0.15, 0.2) is 0 Å². The minimum atomic E-state index is -0.956. The summed E-state index contributed by atoms with van der Waals surface area (Å²) < 4.78 is 5.34. The second-order valence-corrected chi connectivity index (χ2v) is 3.01. The van der Waals surface area contributed by atoms with Crippen molar-refractivity contribution in [3.8, 4) is 5.88 Å². The molecule has 0 radical (unpaired) electrons. The summed E-state index contributed by atoms with van der Waals surface area (Å²) in [6.07, 6.45) is 3.77. The SMILES string of the molecule is O=C(O)c1ccnc(OC2CC2)c1. The third-order valence-corrected chi connectivity index (χ3v) is 1.79. The number of nitrogens with zero attached hydrogens (tertiary/aromatic N) is 1. The maximum absolute atomic E-state index is 10.6. The van der Waals surface area contributed by atoms with Crippen molar-refractivity contribution in [2.45, 2.75) is 18.9 Å². The third kappa shape index (κ3) is 1.96. The van der Waals surface area contributed by atoms with Crippen LogP contribution in [0.15, 0.2) is 18.3 Å². The van der Waals surface area contributed by atoms with Gasteiger partial charge in [0.1, 0.15) is 6.10 Å². The van der Waals surface area contributed by atoms with Crippen LogP contribution in [0.5, 0.6) is 5.88 Å². The van der Waals surface area contributed by atoms with Crippen molar-refractivity contribution < 1.29 is 14.6 Å². The van der Waals surface area contributed by atoms with Crippen molar-refractivity contribution in [3.05, 3.63) is 23.9 Å². The summed E-state index contributed by atoms with van der Waals surface area (Å²) in [7, 11) is 0. The number of aromatic carboxylic acids is 1. The smallest absolute Gasteiger partial charge is 0.335 e. The Bertz CT molecular complexity index is 333. The van der Waals surface area contributed by atoms with Gasteiger partial charge in [0.2, 0.25) is 5.88 Å². The van der Waals surface area contributed by atoms with Gasteiger partial charge in [-0.1, -0.05) is 0 Å². The molecule has 0 unspecified atom stereocenters. The Morgan fingerprint density at radius 1 is 1.62 bits per heavy atom. The number of pyridine rings is 1. The van der Waals surface area contributed by atoms with Crippen LogP contribution < -0.4 is 4.74 Å². The Morgan fingerprint density at radius 2 is 2.38 bits per heavy atom. The lowest BCUT2D eigenvalue weighted by atomic mass is 10.3. The lowest BCUT2D eigenvalue weighted by Crippen LogP contribution is -2.01. The zero-order valence-corrected chi connectivity index (χ0v) is 6.93. The first-order valence-corrected chi connectivity index (χ1v) is 4.12. The molecule has 68 valence electrons. The number of carboxylic acids is 1. The zero-order valence-electron chi connectivity index (χ0n) is 6.93. The molecule has 1 aliphatic rings. The molecule has 0 aromatic carbocycles. The zero-order chi connectivity index (χ0) is 9.26. The molecule has 1 fully saturated rings. The number of rotatable bonds is 3. The van der Waals surface area contributed by atoms with Crippen molar-refractivity contribution >= 4 is 5.97 Å². The van der Waals surface area contributed by atoms with E-state index in [1.807, 2.05) is 0 Å². The van der Waals surface area contributed by atoms with E-state index in [4.69, 9.17) is 9.84 Å². The molecule has 1 saturated carbocycles. The first-order valence-electron chi connectivity index (χ1n) is 4.12. The molecule has 1 aromatic heterocycles. The highest BCUT2D eigenvalue weighted by molar-refractivity contribution is 5.87. The summed E-state index contributed by atoms with van der Waals surface area (Å²) >= 11 is 0. The lowest BCUT2D eigenvalue weighted by molar-refractivity contribution is 0.0696. The highest BCUT2D eigenvalue weighted by Crippen LogP contribution is 2.25. The lowest BCUT2D eigenvalue weighted by Gasteiger charge is -2.02. The molecular formula is C9H9NO3. The number of carbonyl (C=O) groups is 1. The van der Waals surface area contributed by atoms with Gasteiger partial charge < -0.3 is 9.84 Å². The number of carboxylic acid groups (broad SMARTS) is 1. The maximum atomic E-state index is 10.6. The van der Waals surface area contributed by atoms with Crippen LogP contribution in [-0.4, -0.2) is 22.2 Å². The highest BCUT2D eigenvalue weighted by Gasteiger charge is 2.24. The second kappa shape index (κ2) is 3.05. The van der Waals surface area contributed by atoms with Crippen LogP contribution in [0.1, 0.15) is 23.2 Å². The Labute approximate surface area is 75.2 Å². The number of ether oxygens (including phenoxy) is 1. The van der Waals surface area contributed by atoms with Gasteiger partial charge in [-0.3, -0.25) is 0 Å². The summed E-state index contributed by atoms with van der Waals surface area (Å²) in [4.78, 5) is 14.5. The van der Waals surface area contributed by atoms with Gasteiger partial charge in [0.25, 0.3) is 0 Å². The molecule has 0 amide bonds. The van der Waals surface area contributed by atoms with Crippen LogP contribution in [-0.2, 0) is 0 Å². The van der Waals surface area contributed by atoms with Gasteiger partial charge in [-0.25, -0.2) is 9.78 Å². The van der Waals surface area contributed by atoms with E-state index in [0.29, 0.717) is 5.88 Å². The molecule has 0 spiro atoms. The predicted molar refractivity (Wildman–Crippen MR) is 44.8 cm³/mol. The van der Waals surface area contributed by atoms with Gasteiger partial charge in [0.05, 0.1) is 5.56 Å². The first kappa shape index (κ1) is 8.04. The van der Waals surface area contributed by atoms with Gasteiger partial charge in [-0.15, -0.1) is 0 Å². The minimum absolute atomic E-state index is 0.214. The topological polar surface area (TPSA) is 59.4 Å². The van der Waals surface area contributed by atoms with E-state index in [1.54, 1.807) is 0 Å². The van der Waals surface area contributed by atoms with Crippen molar-refractivity contribution in [2.24, 2.45) is 0 Å². The third-order valence-electron chi connectivity index (χ3n) is 1.79. The molecule has 0 saturated heterocycles. The molecule has 1 aliphatic carbocycles. The summed E-state index contributed by atoms with van der Waals surface area (Å²) in [6, 6.07) is 2.89. The van der Waals surface area contributed by atoms with Crippen molar-refractivity contribution in [1.29, 1.82) is 0 Å². The standard InChI is InChI=1S/C9H9NO3/c11-9(12)6-3-4-10-8(5-6)13-7-1-2-7/h3-5,7H,1-2H2,(H,11,12). The number of hydrogen-bond donors (Lipinski definition) is 1. The normalized spacial score (nSPS) is 15.4. The fourth-order valence-electron chi connectivity index (χ4n) is 0.964. The van der Waals surface area contributed by atoms with Gasteiger partial charge >= 0.3 is 5.97 Å². The summed E-state index contributed by atoms with van der Waals surface area (Å²) in [5.41, 5.74) is 0.214. The van der Waals surface area contributed by atoms with E-state index < -0.39 is 5.97 Å². The maximum Gasteiger partial charge on any atom is 0.335 e. The van der Waals surface area contributed by atoms with Crippen LogP contribution in [0.3, 0.4) is 0 Å². The van der Waals surface area contributed by atoms with Gasteiger partial charge in [0, 0.05) is 12.3 Å². The van der Waals surface area contributed by atoms with E-state index in [1.165, 1.54) is 18.3 Å². The van der Waals surface area contributed by atoms with Gasteiger partial charge in [-0.2, -0.15) is 0 Å². The fourth-order valence-corrected chi connectivity index (χ4v) is 0.964. The summed E-state index contributed by atoms with van der Waals surface area (Å²) in [5.74, 6) is -0.551. The summed E-state index contributed by atoms with van der Waals surface area (Å²) in [6.45, 7) is 0. The van der Waals surface area contributed by atoms with E-state index in [-0.39, 0.29) is 11.7 Å². The monoisotopic (exact) mass is 179 g/mol.